The van der Waals surface area contributed by atoms with Gasteiger partial charge < -0.3 is 34.3 Å². The summed E-state index contributed by atoms with van der Waals surface area (Å²) in [5, 5.41) is 30.8. The maximum absolute atomic E-state index is 12.8. The average Bonchev–Trinajstić information content (AvgIpc) is 3.16. The van der Waals surface area contributed by atoms with Crippen molar-refractivity contribution in [3.63, 3.8) is 0 Å². The van der Waals surface area contributed by atoms with E-state index >= 15 is 0 Å². The van der Waals surface area contributed by atoms with Crippen LogP contribution in [0.2, 0.25) is 0 Å². The monoisotopic (exact) mass is 817 g/mol. The maximum Gasteiger partial charge on any atom is 0.306 e. The second-order valence-electron chi connectivity index (χ2n) is 15.0. The molecule has 0 aromatic rings. The molecule has 1 rings (SSSR count). The molecule has 0 aromatic carbocycles. The van der Waals surface area contributed by atoms with Gasteiger partial charge in [0.1, 0.15) is 36.8 Å². The highest BCUT2D eigenvalue weighted by Crippen LogP contribution is 2.24. The Kier molecular flexibility index (Phi) is 31.3. The number of ether oxygens (including phenoxy) is 4. The third-order valence-electron chi connectivity index (χ3n) is 9.73. The molecule has 1 aliphatic rings. The summed E-state index contributed by atoms with van der Waals surface area (Å²) in [5.74, 6) is -2.00. The van der Waals surface area contributed by atoms with Crippen LogP contribution >= 0.6 is 0 Å². The van der Waals surface area contributed by atoms with Crippen LogP contribution in [-0.2, 0) is 38.7 Å². The van der Waals surface area contributed by atoms with E-state index < -0.39 is 71.2 Å². The number of rotatable bonds is 35. The molecule has 0 aromatic heterocycles. The Balaban J connectivity index is 2.48. The van der Waals surface area contributed by atoms with Crippen LogP contribution in [0.3, 0.4) is 0 Å². The molecule has 13 heteroatoms. The van der Waals surface area contributed by atoms with Gasteiger partial charge in [0, 0.05) is 12.8 Å². The van der Waals surface area contributed by atoms with Crippen molar-refractivity contribution in [1.82, 2.24) is 0 Å². The van der Waals surface area contributed by atoms with Crippen LogP contribution in [0.15, 0.2) is 36.5 Å². The zero-order valence-electron chi connectivity index (χ0n) is 34.5. The van der Waals surface area contributed by atoms with E-state index in [0.717, 1.165) is 70.6 Å². The van der Waals surface area contributed by atoms with Crippen LogP contribution < -0.4 is 0 Å². The minimum absolute atomic E-state index is 0.163. The van der Waals surface area contributed by atoms with Crippen molar-refractivity contribution < 1.29 is 56.8 Å². The van der Waals surface area contributed by atoms with E-state index in [-0.39, 0.29) is 19.4 Å². The topological polar surface area (TPSA) is 186 Å². The molecule has 6 atom stereocenters. The Labute approximate surface area is 338 Å². The van der Waals surface area contributed by atoms with Crippen molar-refractivity contribution >= 4 is 22.1 Å². The SMILES string of the molecule is CC/C=C/C/C=C/C/C=C/CCCCCCCC(=O)OC[C@@H](CO[C@@H]1O[C@H](CS(=O)(=O)O)[C@@H](O)[C@H](O)[C@H]1O)OC(=O)CCCCCCCCCCCCCCC. The molecule has 1 heterocycles. The van der Waals surface area contributed by atoms with Gasteiger partial charge in [0.2, 0.25) is 0 Å². The van der Waals surface area contributed by atoms with Crippen LogP contribution in [-0.4, -0.2) is 96.0 Å². The second kappa shape index (κ2) is 33.8. The van der Waals surface area contributed by atoms with E-state index in [9.17, 15) is 37.9 Å². The number of unbranched alkanes of at least 4 members (excludes halogenated alkanes) is 17. The van der Waals surface area contributed by atoms with Crippen LogP contribution in [0, 0.1) is 0 Å². The molecular weight excluding hydrogens is 741 g/mol. The molecule has 12 nitrogen and oxygen atoms in total. The van der Waals surface area contributed by atoms with Gasteiger partial charge in [-0.25, -0.2) is 0 Å². The van der Waals surface area contributed by atoms with Crippen LogP contribution in [0.1, 0.15) is 168 Å². The van der Waals surface area contributed by atoms with Gasteiger partial charge in [-0.2, -0.15) is 8.42 Å². The fourth-order valence-electron chi connectivity index (χ4n) is 6.40. The molecule has 0 saturated carbocycles. The van der Waals surface area contributed by atoms with Crippen molar-refractivity contribution in [1.29, 1.82) is 0 Å². The van der Waals surface area contributed by atoms with E-state index in [1.807, 2.05) is 0 Å². The molecule has 0 unspecified atom stereocenters. The van der Waals surface area contributed by atoms with Crippen molar-refractivity contribution in [3.8, 4) is 0 Å². The third-order valence-corrected chi connectivity index (χ3v) is 10.5. The highest BCUT2D eigenvalue weighted by Gasteiger charge is 2.46. The predicted octanol–water partition coefficient (Wildman–Crippen LogP) is 8.22. The van der Waals surface area contributed by atoms with Crippen molar-refractivity contribution in [2.75, 3.05) is 19.0 Å². The van der Waals surface area contributed by atoms with Crippen LogP contribution in [0.25, 0.3) is 0 Å². The molecule has 326 valence electrons. The maximum atomic E-state index is 12.8. The average molecular weight is 817 g/mol. The number of allylic oxidation sites excluding steroid dienone is 6. The van der Waals surface area contributed by atoms with Crippen molar-refractivity contribution in [2.45, 2.75) is 205 Å². The van der Waals surface area contributed by atoms with E-state index in [2.05, 4.69) is 50.3 Å². The lowest BCUT2D eigenvalue weighted by atomic mass is 10.00. The summed E-state index contributed by atoms with van der Waals surface area (Å²) in [6.07, 6.45) is 27.6. The fraction of sp³-hybridized carbons (Fsp3) is 0.814. The molecule has 1 fully saturated rings. The Hall–Kier alpha value is -2.13. The standard InChI is InChI=1S/C43H76O12S/c1-3-5-7-9-11-13-15-17-18-20-21-23-25-27-29-31-38(44)52-33-36(34-53-43-42(48)41(47)40(46)37(55-43)35-56(49,50)51)54-39(45)32-30-28-26-24-22-19-16-14-12-10-8-6-4-2/h5,7,11,13,17-18,36-37,40-43,46-48H,3-4,6,8-10,12,14-16,19-35H2,1-2H3,(H,49,50,51)/b7-5+,13-11+,18-17+/t36-,37+,40+,41-,42+,43+/m0/s1. The van der Waals surface area contributed by atoms with E-state index in [1.165, 1.54) is 57.8 Å². The first kappa shape index (κ1) is 51.9. The molecular formula is C43H76O12S. The van der Waals surface area contributed by atoms with Gasteiger partial charge in [0.15, 0.2) is 12.4 Å². The number of hydrogen-bond donors (Lipinski definition) is 4. The van der Waals surface area contributed by atoms with Gasteiger partial charge in [0.25, 0.3) is 10.1 Å². The Morgan fingerprint density at radius 3 is 1.68 bits per heavy atom. The zero-order valence-corrected chi connectivity index (χ0v) is 35.3. The van der Waals surface area contributed by atoms with Gasteiger partial charge in [0.05, 0.1) is 6.61 Å². The van der Waals surface area contributed by atoms with Crippen LogP contribution in [0.5, 0.6) is 0 Å². The highest BCUT2D eigenvalue weighted by atomic mass is 32.2. The third kappa shape index (κ3) is 28.3. The summed E-state index contributed by atoms with van der Waals surface area (Å²) in [5.41, 5.74) is 0. The molecule has 0 bridgehead atoms. The van der Waals surface area contributed by atoms with Crippen LogP contribution in [0.4, 0.5) is 0 Å². The lowest BCUT2D eigenvalue weighted by Gasteiger charge is -2.40. The first-order chi connectivity index (χ1) is 27.0. The Morgan fingerprint density at radius 1 is 0.625 bits per heavy atom. The molecule has 0 aliphatic carbocycles. The van der Waals surface area contributed by atoms with E-state index in [4.69, 9.17) is 18.9 Å². The number of aliphatic hydroxyl groups is 3. The van der Waals surface area contributed by atoms with Crippen molar-refractivity contribution in [2.24, 2.45) is 0 Å². The van der Waals surface area contributed by atoms with Gasteiger partial charge >= 0.3 is 11.9 Å². The summed E-state index contributed by atoms with van der Waals surface area (Å²) in [6.45, 7) is 3.62. The molecule has 1 aliphatic heterocycles. The van der Waals surface area contributed by atoms with Gasteiger partial charge in [-0.15, -0.1) is 0 Å². The van der Waals surface area contributed by atoms with Gasteiger partial charge in [-0.1, -0.05) is 147 Å². The lowest BCUT2D eigenvalue weighted by molar-refractivity contribution is -0.297. The Morgan fingerprint density at radius 2 is 1.12 bits per heavy atom. The molecule has 56 heavy (non-hydrogen) atoms. The van der Waals surface area contributed by atoms with E-state index in [1.54, 1.807) is 0 Å². The predicted molar refractivity (Wildman–Crippen MR) is 219 cm³/mol. The minimum atomic E-state index is -4.60. The molecule has 0 amide bonds. The van der Waals surface area contributed by atoms with Gasteiger partial charge in [-0.05, 0) is 44.9 Å². The van der Waals surface area contributed by atoms with Crippen molar-refractivity contribution in [3.05, 3.63) is 36.5 Å². The smallest absolute Gasteiger partial charge is 0.306 e. The number of hydrogen-bond acceptors (Lipinski definition) is 11. The lowest BCUT2D eigenvalue weighted by Crippen LogP contribution is -2.60. The Bertz CT molecular complexity index is 1190. The summed E-state index contributed by atoms with van der Waals surface area (Å²) in [4.78, 5) is 25.3. The summed E-state index contributed by atoms with van der Waals surface area (Å²) in [7, 11) is -4.60. The largest absolute Gasteiger partial charge is 0.462 e. The minimum Gasteiger partial charge on any atom is -0.462 e. The zero-order chi connectivity index (χ0) is 41.3. The normalized spacial score (nSPS) is 21.0. The molecule has 1 saturated heterocycles. The summed E-state index contributed by atoms with van der Waals surface area (Å²) in [6, 6.07) is 0. The number of aliphatic hydroxyl groups excluding tert-OH is 3. The van der Waals surface area contributed by atoms with E-state index in [0.29, 0.717) is 12.8 Å². The number of carbonyl (C=O) groups is 2. The number of esters is 2. The summed E-state index contributed by atoms with van der Waals surface area (Å²) < 4.78 is 54.0. The fourth-order valence-corrected chi connectivity index (χ4v) is 7.09. The summed E-state index contributed by atoms with van der Waals surface area (Å²) >= 11 is 0. The molecule has 0 spiro atoms. The quantitative estimate of drug-likeness (QED) is 0.0208. The molecule has 0 radical (unpaired) electrons. The first-order valence-electron chi connectivity index (χ1n) is 21.5. The highest BCUT2D eigenvalue weighted by molar-refractivity contribution is 7.85. The first-order valence-corrected chi connectivity index (χ1v) is 23.2. The second-order valence-corrected chi connectivity index (χ2v) is 16.5. The molecule has 4 N–H and O–H groups in total. The number of carbonyl (C=O) groups excluding carboxylic acids is 2. The van der Waals surface area contributed by atoms with Gasteiger partial charge in [-0.3, -0.25) is 14.1 Å².